The molecule has 2 aromatic heterocycles. The predicted molar refractivity (Wildman–Crippen MR) is 128 cm³/mol. The number of sulfonamides is 1. The van der Waals surface area contributed by atoms with Gasteiger partial charge in [-0.2, -0.15) is 5.10 Å². The Balaban J connectivity index is 1.75. The number of H-pyrrole nitrogens is 1. The Bertz CT molecular complexity index is 1050. The third-order valence-electron chi connectivity index (χ3n) is 5.27. The first kappa shape index (κ1) is 24.4. The lowest BCUT2D eigenvalue weighted by atomic mass is 10.2. The maximum Gasteiger partial charge on any atom is 0.212 e. The van der Waals surface area contributed by atoms with Gasteiger partial charge in [-0.15, -0.1) is 11.3 Å². The van der Waals surface area contributed by atoms with E-state index >= 15 is 0 Å². The lowest BCUT2D eigenvalue weighted by Gasteiger charge is -2.19. The van der Waals surface area contributed by atoms with Crippen LogP contribution in [0.5, 0.6) is 5.75 Å². The van der Waals surface area contributed by atoms with Gasteiger partial charge in [-0.05, 0) is 61.8 Å². The van der Waals surface area contributed by atoms with Crippen molar-refractivity contribution in [2.24, 2.45) is 0 Å². The number of hydrogen-bond donors (Lipinski definition) is 2. The fourth-order valence-electron chi connectivity index (χ4n) is 3.42. The van der Waals surface area contributed by atoms with E-state index in [1.807, 2.05) is 41.8 Å². The highest BCUT2D eigenvalue weighted by Gasteiger charge is 2.24. The second-order valence-electron chi connectivity index (χ2n) is 7.43. The number of ether oxygens (including phenoxy) is 1. The molecule has 8 nitrogen and oxygen atoms in total. The van der Waals surface area contributed by atoms with Gasteiger partial charge in [-0.25, -0.2) is 18.1 Å². The van der Waals surface area contributed by atoms with Crippen LogP contribution in [0.3, 0.4) is 0 Å². The largest absolute Gasteiger partial charge is 0.497 e. The minimum Gasteiger partial charge on any atom is -0.497 e. The van der Waals surface area contributed by atoms with E-state index in [9.17, 15) is 8.42 Å². The SMILES string of the molecule is CCN(CC)CCCS(=O)(=O)N[C@H](Cc1cccs1)c1nc(-c2ccc(OC)cc2)n[nH]1. The summed E-state index contributed by atoms with van der Waals surface area (Å²) in [4.78, 5) is 7.89. The lowest BCUT2D eigenvalue weighted by molar-refractivity contribution is 0.304. The highest BCUT2D eigenvalue weighted by Crippen LogP contribution is 2.23. The number of thiophene rings is 1. The molecule has 0 amide bonds. The van der Waals surface area contributed by atoms with Crippen molar-refractivity contribution >= 4 is 21.4 Å². The zero-order chi connectivity index (χ0) is 23.0. The summed E-state index contributed by atoms with van der Waals surface area (Å²) in [6.07, 6.45) is 1.08. The van der Waals surface area contributed by atoms with Crippen molar-refractivity contribution in [1.29, 1.82) is 0 Å². The summed E-state index contributed by atoms with van der Waals surface area (Å²) in [6.45, 7) is 6.75. The molecule has 0 saturated carbocycles. The summed E-state index contributed by atoms with van der Waals surface area (Å²) in [7, 11) is -1.87. The normalized spacial score (nSPS) is 12.9. The molecule has 0 spiro atoms. The van der Waals surface area contributed by atoms with Crippen LogP contribution in [-0.2, 0) is 16.4 Å². The van der Waals surface area contributed by atoms with Gasteiger partial charge in [-0.1, -0.05) is 19.9 Å². The molecule has 0 aliphatic heterocycles. The van der Waals surface area contributed by atoms with Gasteiger partial charge < -0.3 is 9.64 Å². The molecule has 1 aromatic carbocycles. The monoisotopic (exact) mass is 477 g/mol. The third kappa shape index (κ3) is 6.86. The van der Waals surface area contributed by atoms with E-state index in [4.69, 9.17) is 4.74 Å². The van der Waals surface area contributed by atoms with Gasteiger partial charge in [0.1, 0.15) is 11.6 Å². The van der Waals surface area contributed by atoms with Crippen molar-refractivity contribution in [3.05, 3.63) is 52.5 Å². The Hall–Kier alpha value is -2.27. The second-order valence-corrected chi connectivity index (χ2v) is 10.3. The summed E-state index contributed by atoms with van der Waals surface area (Å²) in [5, 5.41) is 9.23. The van der Waals surface area contributed by atoms with Crippen LogP contribution in [0.25, 0.3) is 11.4 Å². The van der Waals surface area contributed by atoms with Crippen molar-refractivity contribution in [3.63, 3.8) is 0 Å². The second kappa shape index (κ2) is 11.6. The van der Waals surface area contributed by atoms with Gasteiger partial charge in [0.25, 0.3) is 0 Å². The number of hydrogen-bond acceptors (Lipinski definition) is 7. The van der Waals surface area contributed by atoms with Crippen LogP contribution in [0, 0.1) is 0 Å². The number of aromatic nitrogens is 3. The molecule has 3 aromatic rings. The minimum atomic E-state index is -3.48. The number of methoxy groups -OCH3 is 1. The van der Waals surface area contributed by atoms with E-state index in [2.05, 4.69) is 38.7 Å². The van der Waals surface area contributed by atoms with Crippen molar-refractivity contribution in [3.8, 4) is 17.1 Å². The highest BCUT2D eigenvalue weighted by atomic mass is 32.2. The van der Waals surface area contributed by atoms with E-state index in [-0.39, 0.29) is 5.75 Å². The van der Waals surface area contributed by atoms with Crippen molar-refractivity contribution in [1.82, 2.24) is 24.8 Å². The molecule has 174 valence electrons. The Morgan fingerprint density at radius 2 is 1.94 bits per heavy atom. The molecule has 0 saturated heterocycles. The summed E-state index contributed by atoms with van der Waals surface area (Å²) in [5.41, 5.74) is 0.824. The number of rotatable bonds is 13. The number of nitrogens with zero attached hydrogens (tertiary/aromatic N) is 3. The summed E-state index contributed by atoms with van der Waals surface area (Å²) >= 11 is 1.59. The first-order chi connectivity index (χ1) is 15.4. The van der Waals surface area contributed by atoms with E-state index < -0.39 is 16.1 Å². The summed E-state index contributed by atoms with van der Waals surface area (Å²) in [6, 6.07) is 10.9. The quantitative estimate of drug-likeness (QED) is 0.391. The van der Waals surface area contributed by atoms with Crippen LogP contribution in [-0.4, -0.2) is 61.0 Å². The van der Waals surface area contributed by atoms with Crippen LogP contribution in [0.4, 0.5) is 0 Å². The number of nitrogens with one attached hydrogen (secondary N) is 2. The number of benzene rings is 1. The molecule has 2 heterocycles. The van der Waals surface area contributed by atoms with Gasteiger partial charge in [-0.3, -0.25) is 5.10 Å². The molecule has 32 heavy (non-hydrogen) atoms. The maximum atomic E-state index is 12.8. The molecule has 0 radical (unpaired) electrons. The van der Waals surface area contributed by atoms with Crippen molar-refractivity contribution in [2.75, 3.05) is 32.5 Å². The fraction of sp³-hybridized carbons (Fsp3) is 0.455. The molecule has 0 aliphatic rings. The van der Waals surface area contributed by atoms with Crippen LogP contribution >= 0.6 is 11.3 Å². The molecule has 0 aliphatic carbocycles. The van der Waals surface area contributed by atoms with Crippen LogP contribution < -0.4 is 9.46 Å². The molecule has 2 N–H and O–H groups in total. The molecular weight excluding hydrogens is 446 g/mol. The third-order valence-corrected chi connectivity index (χ3v) is 7.64. The van der Waals surface area contributed by atoms with Gasteiger partial charge in [0.05, 0.1) is 18.9 Å². The Morgan fingerprint density at radius 1 is 1.19 bits per heavy atom. The van der Waals surface area contributed by atoms with Crippen molar-refractivity contribution < 1.29 is 13.2 Å². The van der Waals surface area contributed by atoms with E-state index in [1.165, 1.54) is 0 Å². The van der Waals surface area contributed by atoms with E-state index in [0.717, 1.165) is 35.8 Å². The van der Waals surface area contributed by atoms with Gasteiger partial charge in [0, 0.05) is 16.9 Å². The molecule has 0 unspecified atom stereocenters. The van der Waals surface area contributed by atoms with Crippen LogP contribution in [0.2, 0.25) is 0 Å². The zero-order valence-corrected chi connectivity index (χ0v) is 20.4. The first-order valence-electron chi connectivity index (χ1n) is 10.8. The molecule has 3 rings (SSSR count). The molecule has 10 heteroatoms. The zero-order valence-electron chi connectivity index (χ0n) is 18.7. The Morgan fingerprint density at radius 3 is 2.56 bits per heavy atom. The maximum absolute atomic E-state index is 12.8. The number of aromatic amines is 1. The molecular formula is C22H31N5O3S2. The Kier molecular flexibility index (Phi) is 8.80. The lowest BCUT2D eigenvalue weighted by Crippen LogP contribution is -2.34. The summed E-state index contributed by atoms with van der Waals surface area (Å²) < 4.78 is 33.7. The fourth-order valence-corrected chi connectivity index (χ4v) is 5.42. The standard InChI is InChI=1S/C22H31N5O3S2/c1-4-27(5-2)13-7-15-32(28,29)26-20(16-19-8-6-14-31-19)22-23-21(24-25-22)17-9-11-18(30-3)12-10-17/h6,8-12,14,20,26H,4-5,7,13,15-16H2,1-3H3,(H,23,24,25)/t20-/m1/s1. The highest BCUT2D eigenvalue weighted by molar-refractivity contribution is 7.89. The van der Waals surface area contributed by atoms with Gasteiger partial charge in [0.2, 0.25) is 10.0 Å². The topological polar surface area (TPSA) is 100 Å². The smallest absolute Gasteiger partial charge is 0.212 e. The Labute approximate surface area is 194 Å². The van der Waals surface area contributed by atoms with Crippen LogP contribution in [0.15, 0.2) is 41.8 Å². The first-order valence-corrected chi connectivity index (χ1v) is 13.3. The molecule has 1 atom stereocenters. The van der Waals surface area contributed by atoms with Gasteiger partial charge in [0.15, 0.2) is 5.82 Å². The summed E-state index contributed by atoms with van der Waals surface area (Å²) in [5.74, 6) is 1.83. The average molecular weight is 478 g/mol. The van der Waals surface area contributed by atoms with E-state index in [0.29, 0.717) is 24.5 Å². The minimum absolute atomic E-state index is 0.0733. The van der Waals surface area contributed by atoms with Crippen LogP contribution in [0.1, 0.15) is 37.0 Å². The molecule has 0 fully saturated rings. The average Bonchev–Trinajstić information content (AvgIpc) is 3.48. The van der Waals surface area contributed by atoms with E-state index in [1.54, 1.807) is 18.4 Å². The molecule has 0 bridgehead atoms. The van der Waals surface area contributed by atoms with Crippen molar-refractivity contribution in [2.45, 2.75) is 32.7 Å². The predicted octanol–water partition coefficient (Wildman–Crippen LogP) is 3.48. The van der Waals surface area contributed by atoms with Gasteiger partial charge >= 0.3 is 0 Å².